The van der Waals surface area contributed by atoms with Gasteiger partial charge in [0.25, 0.3) is 11.6 Å². The number of nitro groups is 1. The van der Waals surface area contributed by atoms with E-state index in [-0.39, 0.29) is 23.4 Å². The summed E-state index contributed by atoms with van der Waals surface area (Å²) in [4.78, 5) is 44.8. The van der Waals surface area contributed by atoms with E-state index in [0.717, 1.165) is 12.1 Å². The Morgan fingerprint density at radius 3 is 2.76 bits per heavy atom. The van der Waals surface area contributed by atoms with Crippen molar-refractivity contribution >= 4 is 35.0 Å². The molecule has 1 fully saturated rings. The van der Waals surface area contributed by atoms with Gasteiger partial charge in [0.2, 0.25) is 11.8 Å². The number of nitrogens with zero attached hydrogens (tertiary/aromatic N) is 1. The maximum absolute atomic E-state index is 12.1. The van der Waals surface area contributed by atoms with Gasteiger partial charge in [-0.05, 0) is 18.6 Å². The van der Waals surface area contributed by atoms with E-state index in [2.05, 4.69) is 10.6 Å². The molecule has 2 rings (SSSR count). The van der Waals surface area contributed by atoms with Gasteiger partial charge in [0, 0.05) is 17.5 Å². The molecule has 0 bridgehead atoms. The number of carbonyl (C=O) groups excluding carboxylic acids is 3. The van der Waals surface area contributed by atoms with Crippen molar-refractivity contribution in [2.45, 2.75) is 18.9 Å². The van der Waals surface area contributed by atoms with Crippen LogP contribution in [-0.4, -0.2) is 28.7 Å². The first-order valence-electron chi connectivity index (χ1n) is 5.97. The lowest BCUT2D eigenvalue weighted by Crippen LogP contribution is -2.52. The van der Waals surface area contributed by atoms with E-state index in [1.165, 1.54) is 6.07 Å². The van der Waals surface area contributed by atoms with Crippen molar-refractivity contribution in [1.29, 1.82) is 0 Å². The van der Waals surface area contributed by atoms with Crippen LogP contribution in [0.25, 0.3) is 0 Å². The highest BCUT2D eigenvalue weighted by atomic mass is 35.5. The number of hydrogen-bond acceptors (Lipinski definition) is 5. The zero-order valence-electron chi connectivity index (χ0n) is 10.6. The van der Waals surface area contributed by atoms with Crippen molar-refractivity contribution < 1.29 is 19.3 Å². The van der Waals surface area contributed by atoms with Crippen LogP contribution in [0.5, 0.6) is 0 Å². The lowest BCUT2D eigenvalue weighted by atomic mass is 10.1. The third-order valence-corrected chi connectivity index (χ3v) is 3.18. The fourth-order valence-corrected chi connectivity index (χ4v) is 2.09. The van der Waals surface area contributed by atoms with Crippen LogP contribution in [0.3, 0.4) is 0 Å². The topological polar surface area (TPSA) is 118 Å². The molecule has 9 heteroatoms. The third-order valence-electron chi connectivity index (χ3n) is 2.94. The standard InChI is InChI=1S/C12H10ClN3O5/c13-6-1-3-9(16(20)21)7(5-6)11(18)14-8-2-4-10(17)15-12(8)19/h1,3,5,8H,2,4H2,(H,14,18)(H,15,17,19). The Balaban J connectivity index is 2.21. The number of amides is 3. The van der Waals surface area contributed by atoms with Crippen molar-refractivity contribution in [2.75, 3.05) is 0 Å². The van der Waals surface area contributed by atoms with Gasteiger partial charge in [-0.2, -0.15) is 0 Å². The third kappa shape index (κ3) is 3.34. The Bertz CT molecular complexity index is 646. The number of hydrogen-bond donors (Lipinski definition) is 2. The van der Waals surface area contributed by atoms with E-state index < -0.39 is 34.4 Å². The molecule has 1 unspecified atom stereocenters. The van der Waals surface area contributed by atoms with Crippen molar-refractivity contribution in [3.05, 3.63) is 38.9 Å². The Morgan fingerprint density at radius 1 is 1.43 bits per heavy atom. The Hall–Kier alpha value is -2.48. The molecule has 1 aromatic rings. The molecule has 0 spiro atoms. The Labute approximate surface area is 123 Å². The largest absolute Gasteiger partial charge is 0.340 e. The summed E-state index contributed by atoms with van der Waals surface area (Å²) in [7, 11) is 0. The minimum absolute atomic E-state index is 0.0916. The number of benzene rings is 1. The summed E-state index contributed by atoms with van der Waals surface area (Å²) in [6.45, 7) is 0. The maximum Gasteiger partial charge on any atom is 0.282 e. The number of carbonyl (C=O) groups is 3. The molecule has 0 aliphatic carbocycles. The highest BCUT2D eigenvalue weighted by Gasteiger charge is 2.30. The molecular weight excluding hydrogens is 302 g/mol. The Kier molecular flexibility index (Phi) is 4.18. The predicted octanol–water partition coefficient (Wildman–Crippen LogP) is 0.783. The summed E-state index contributed by atoms with van der Waals surface area (Å²) in [6, 6.07) is 2.65. The van der Waals surface area contributed by atoms with Gasteiger partial charge >= 0.3 is 0 Å². The van der Waals surface area contributed by atoms with Crippen LogP contribution in [-0.2, 0) is 9.59 Å². The molecule has 1 atom stereocenters. The number of nitro benzene ring substituents is 1. The second-order valence-corrected chi connectivity index (χ2v) is 4.83. The van der Waals surface area contributed by atoms with Crippen LogP contribution in [0.4, 0.5) is 5.69 Å². The quantitative estimate of drug-likeness (QED) is 0.486. The molecule has 1 heterocycles. The van der Waals surface area contributed by atoms with Crippen molar-refractivity contribution in [3.8, 4) is 0 Å². The van der Waals surface area contributed by atoms with Gasteiger partial charge in [0.1, 0.15) is 11.6 Å². The number of rotatable bonds is 3. The number of halogens is 1. The first-order chi connectivity index (χ1) is 9.88. The normalized spacial score (nSPS) is 18.0. The molecule has 8 nitrogen and oxygen atoms in total. The van der Waals surface area contributed by atoms with E-state index in [1.807, 2.05) is 0 Å². The average molecular weight is 312 g/mol. The minimum atomic E-state index is -0.909. The van der Waals surface area contributed by atoms with Crippen LogP contribution in [0, 0.1) is 10.1 Å². The fraction of sp³-hybridized carbons (Fsp3) is 0.250. The summed E-state index contributed by atoms with van der Waals surface area (Å²) in [6.07, 6.45) is 0.235. The summed E-state index contributed by atoms with van der Waals surface area (Å²) >= 11 is 5.73. The molecule has 0 aromatic heterocycles. The minimum Gasteiger partial charge on any atom is -0.340 e. The van der Waals surface area contributed by atoms with Crippen LogP contribution in [0.15, 0.2) is 18.2 Å². The number of piperidine rings is 1. The van der Waals surface area contributed by atoms with Crippen LogP contribution in [0.2, 0.25) is 5.02 Å². The smallest absolute Gasteiger partial charge is 0.282 e. The molecule has 0 saturated carbocycles. The molecular formula is C12H10ClN3O5. The van der Waals surface area contributed by atoms with Crippen LogP contribution < -0.4 is 10.6 Å². The number of nitrogens with one attached hydrogen (secondary N) is 2. The lowest BCUT2D eigenvalue weighted by molar-refractivity contribution is -0.385. The van der Waals surface area contributed by atoms with E-state index >= 15 is 0 Å². The molecule has 1 saturated heterocycles. The zero-order chi connectivity index (χ0) is 15.6. The van der Waals surface area contributed by atoms with Gasteiger partial charge in [-0.1, -0.05) is 11.6 Å². The lowest BCUT2D eigenvalue weighted by Gasteiger charge is -2.21. The Morgan fingerprint density at radius 2 is 2.14 bits per heavy atom. The van der Waals surface area contributed by atoms with E-state index in [4.69, 9.17) is 11.6 Å². The summed E-state index contributed by atoms with van der Waals surface area (Å²) in [5, 5.41) is 15.5. The molecule has 1 aliphatic heterocycles. The van der Waals surface area contributed by atoms with Crippen LogP contribution >= 0.6 is 11.6 Å². The fourth-order valence-electron chi connectivity index (χ4n) is 1.92. The highest BCUT2D eigenvalue weighted by molar-refractivity contribution is 6.31. The summed E-state index contributed by atoms with van der Waals surface area (Å²) in [5.41, 5.74) is -0.651. The molecule has 1 aliphatic rings. The molecule has 0 radical (unpaired) electrons. The SMILES string of the molecule is O=C1CCC(NC(=O)c2cc(Cl)ccc2[N+](=O)[O-])C(=O)N1. The first-order valence-corrected chi connectivity index (χ1v) is 6.35. The van der Waals surface area contributed by atoms with Crippen molar-refractivity contribution in [1.82, 2.24) is 10.6 Å². The molecule has 1 aromatic carbocycles. The predicted molar refractivity (Wildman–Crippen MR) is 71.7 cm³/mol. The number of imide groups is 1. The zero-order valence-corrected chi connectivity index (χ0v) is 11.3. The van der Waals surface area contributed by atoms with E-state index in [0.29, 0.717) is 0 Å². The maximum atomic E-state index is 12.1. The monoisotopic (exact) mass is 311 g/mol. The molecule has 2 N–H and O–H groups in total. The second-order valence-electron chi connectivity index (χ2n) is 4.40. The van der Waals surface area contributed by atoms with Crippen LogP contribution in [0.1, 0.15) is 23.2 Å². The highest BCUT2D eigenvalue weighted by Crippen LogP contribution is 2.23. The van der Waals surface area contributed by atoms with Gasteiger partial charge < -0.3 is 5.32 Å². The van der Waals surface area contributed by atoms with Gasteiger partial charge in [-0.25, -0.2) is 0 Å². The van der Waals surface area contributed by atoms with E-state index in [9.17, 15) is 24.5 Å². The first kappa shape index (κ1) is 14.9. The summed E-state index contributed by atoms with van der Waals surface area (Å²) in [5.74, 6) is -1.85. The molecule has 21 heavy (non-hydrogen) atoms. The second kappa shape index (κ2) is 5.88. The molecule has 110 valence electrons. The van der Waals surface area contributed by atoms with Crippen molar-refractivity contribution in [2.24, 2.45) is 0 Å². The summed E-state index contributed by atoms with van der Waals surface area (Å²) < 4.78 is 0. The van der Waals surface area contributed by atoms with Gasteiger partial charge in [0.15, 0.2) is 0 Å². The van der Waals surface area contributed by atoms with Gasteiger partial charge in [-0.15, -0.1) is 0 Å². The van der Waals surface area contributed by atoms with Crippen molar-refractivity contribution in [3.63, 3.8) is 0 Å². The van der Waals surface area contributed by atoms with E-state index in [1.54, 1.807) is 0 Å². The average Bonchev–Trinajstić information content (AvgIpc) is 2.41. The van der Waals surface area contributed by atoms with Gasteiger partial charge in [0.05, 0.1) is 4.92 Å². The van der Waals surface area contributed by atoms with Gasteiger partial charge in [-0.3, -0.25) is 29.8 Å². The molecule has 3 amide bonds.